The van der Waals surface area contributed by atoms with Gasteiger partial charge in [-0.1, -0.05) is 72.0 Å². The van der Waals surface area contributed by atoms with Gasteiger partial charge in [0.15, 0.2) is 15.8 Å². The van der Waals surface area contributed by atoms with Gasteiger partial charge in [0.2, 0.25) is 0 Å². The summed E-state index contributed by atoms with van der Waals surface area (Å²) in [5.41, 5.74) is 2.58. The van der Waals surface area contributed by atoms with E-state index in [2.05, 4.69) is 0 Å². The maximum absolute atomic E-state index is 12.9. The fourth-order valence-electron chi connectivity index (χ4n) is 3.06. The molecule has 1 saturated heterocycles. The molecule has 3 aromatic carbocycles. The van der Waals surface area contributed by atoms with E-state index >= 15 is 0 Å². The van der Waals surface area contributed by atoms with Crippen molar-refractivity contribution in [3.63, 3.8) is 0 Å². The molecule has 0 unspecified atom stereocenters. The van der Waals surface area contributed by atoms with Crippen LogP contribution in [0.4, 0.5) is 5.69 Å². The molecule has 31 heavy (non-hydrogen) atoms. The second-order valence-electron chi connectivity index (χ2n) is 6.68. The molecule has 0 atom stereocenters. The minimum atomic E-state index is -0.166. The van der Waals surface area contributed by atoms with Crippen molar-refractivity contribution in [1.82, 2.24) is 0 Å². The minimum Gasteiger partial charge on any atom is -0.493 e. The van der Waals surface area contributed by atoms with E-state index in [0.29, 0.717) is 38.0 Å². The van der Waals surface area contributed by atoms with Crippen LogP contribution in [0.15, 0.2) is 77.7 Å². The van der Waals surface area contributed by atoms with Gasteiger partial charge in [-0.2, -0.15) is 0 Å². The Morgan fingerprint density at radius 2 is 1.77 bits per heavy atom. The van der Waals surface area contributed by atoms with Gasteiger partial charge >= 0.3 is 0 Å². The zero-order valence-electron chi connectivity index (χ0n) is 16.6. The number of rotatable bonds is 6. The van der Waals surface area contributed by atoms with Gasteiger partial charge in [-0.3, -0.25) is 9.69 Å². The summed E-state index contributed by atoms with van der Waals surface area (Å²) in [5, 5.41) is 0.603. The maximum Gasteiger partial charge on any atom is 0.270 e. The third kappa shape index (κ3) is 4.93. The summed E-state index contributed by atoms with van der Waals surface area (Å²) < 4.78 is 11.9. The lowest BCUT2D eigenvalue weighted by Gasteiger charge is -2.14. The number of thioether (sulfide) groups is 1. The number of methoxy groups -OCH3 is 1. The number of carbonyl (C=O) groups excluding carboxylic acids is 1. The Kier molecular flexibility index (Phi) is 6.61. The fraction of sp³-hybridized carbons (Fsp3) is 0.0833. The lowest BCUT2D eigenvalue weighted by molar-refractivity contribution is -0.113. The Hall–Kier alpha value is -2.80. The summed E-state index contributed by atoms with van der Waals surface area (Å²) in [4.78, 5) is 15.0. The molecule has 156 valence electrons. The Morgan fingerprint density at radius 3 is 2.48 bits per heavy atom. The molecule has 1 aliphatic heterocycles. The smallest absolute Gasteiger partial charge is 0.270 e. The number of anilines is 1. The largest absolute Gasteiger partial charge is 0.493 e. The highest BCUT2D eigenvalue weighted by molar-refractivity contribution is 8.27. The molecule has 4 rings (SSSR count). The molecule has 1 fully saturated rings. The number of amides is 1. The molecule has 0 spiro atoms. The van der Waals surface area contributed by atoms with E-state index in [1.165, 1.54) is 16.7 Å². The number of carbonyl (C=O) groups is 1. The molecule has 4 nitrogen and oxygen atoms in total. The van der Waals surface area contributed by atoms with Crippen molar-refractivity contribution in [3.05, 3.63) is 93.9 Å². The van der Waals surface area contributed by atoms with Gasteiger partial charge in [-0.25, -0.2) is 0 Å². The molecule has 7 heteroatoms. The first kappa shape index (κ1) is 21.4. The summed E-state index contributed by atoms with van der Waals surface area (Å²) in [5.74, 6) is 1.07. The molecule has 1 amide bonds. The number of nitrogens with zero attached hydrogens (tertiary/aromatic N) is 1. The van der Waals surface area contributed by atoms with Crippen LogP contribution in [0.3, 0.4) is 0 Å². The number of hydrogen-bond acceptors (Lipinski definition) is 5. The van der Waals surface area contributed by atoms with Crippen molar-refractivity contribution in [1.29, 1.82) is 0 Å². The zero-order valence-corrected chi connectivity index (χ0v) is 19.0. The van der Waals surface area contributed by atoms with E-state index in [4.69, 9.17) is 33.3 Å². The normalized spacial score (nSPS) is 14.9. The van der Waals surface area contributed by atoms with Crippen LogP contribution in [-0.4, -0.2) is 17.3 Å². The van der Waals surface area contributed by atoms with Crippen molar-refractivity contribution in [2.45, 2.75) is 6.61 Å². The lowest BCUT2D eigenvalue weighted by atomic mass is 10.1. The Labute approximate surface area is 195 Å². The number of hydrogen-bond donors (Lipinski definition) is 0. The van der Waals surface area contributed by atoms with Crippen LogP contribution in [0.5, 0.6) is 11.5 Å². The van der Waals surface area contributed by atoms with E-state index in [1.54, 1.807) is 37.5 Å². The molecule has 1 heterocycles. The molecular formula is C24H18ClNO3S2. The average molecular weight is 468 g/mol. The number of thiocarbonyl (C=S) groups is 1. The molecular weight excluding hydrogens is 450 g/mol. The number of halogens is 1. The molecule has 0 saturated carbocycles. The molecule has 0 N–H and O–H groups in total. The van der Waals surface area contributed by atoms with Crippen LogP contribution in [0.25, 0.3) is 6.08 Å². The third-order valence-electron chi connectivity index (χ3n) is 4.60. The Bertz CT molecular complexity index is 1150. The zero-order chi connectivity index (χ0) is 21.8. The predicted molar refractivity (Wildman–Crippen MR) is 131 cm³/mol. The van der Waals surface area contributed by atoms with Gasteiger partial charge in [0.1, 0.15) is 6.61 Å². The van der Waals surface area contributed by atoms with Crippen LogP contribution < -0.4 is 14.4 Å². The Morgan fingerprint density at radius 1 is 1.03 bits per heavy atom. The molecule has 0 aromatic heterocycles. The summed E-state index contributed by atoms with van der Waals surface area (Å²) >= 11 is 12.6. The molecule has 0 bridgehead atoms. The molecule has 0 aliphatic carbocycles. The number of benzene rings is 3. The van der Waals surface area contributed by atoms with Crippen LogP contribution in [0.2, 0.25) is 5.02 Å². The first-order valence-corrected chi connectivity index (χ1v) is 11.0. The summed E-state index contributed by atoms with van der Waals surface area (Å²) in [7, 11) is 1.59. The topological polar surface area (TPSA) is 38.8 Å². The second-order valence-corrected chi connectivity index (χ2v) is 8.79. The maximum atomic E-state index is 12.9. The van der Waals surface area contributed by atoms with Crippen molar-refractivity contribution in [2.75, 3.05) is 12.0 Å². The van der Waals surface area contributed by atoms with Crippen molar-refractivity contribution < 1.29 is 14.3 Å². The molecule has 0 radical (unpaired) electrons. The average Bonchev–Trinajstić information content (AvgIpc) is 3.07. The SMILES string of the molecule is COc1cc(/C=C2\SC(=S)N(c3ccc(Cl)cc3)C2=O)ccc1OCc1ccccc1. The van der Waals surface area contributed by atoms with Crippen molar-refractivity contribution >= 4 is 57.6 Å². The quantitative estimate of drug-likeness (QED) is 0.312. The summed E-state index contributed by atoms with van der Waals surface area (Å²) in [6.45, 7) is 0.441. The van der Waals surface area contributed by atoms with Gasteiger partial charge in [0.05, 0.1) is 17.7 Å². The van der Waals surface area contributed by atoms with Gasteiger partial charge in [-0.15, -0.1) is 0 Å². The third-order valence-corrected chi connectivity index (χ3v) is 6.16. The molecule has 1 aliphatic rings. The summed E-state index contributed by atoms with van der Waals surface area (Å²) in [6, 6.07) is 22.5. The van der Waals surface area contributed by atoms with Gasteiger partial charge < -0.3 is 9.47 Å². The van der Waals surface area contributed by atoms with Crippen molar-refractivity contribution in [2.24, 2.45) is 0 Å². The predicted octanol–water partition coefficient (Wildman–Crippen LogP) is 6.33. The van der Waals surface area contributed by atoms with Gasteiger partial charge in [0, 0.05) is 5.02 Å². The van der Waals surface area contributed by atoms with Crippen LogP contribution >= 0.6 is 35.6 Å². The monoisotopic (exact) mass is 467 g/mol. The highest BCUT2D eigenvalue weighted by Crippen LogP contribution is 2.37. The van der Waals surface area contributed by atoms with Crippen LogP contribution in [-0.2, 0) is 11.4 Å². The molecule has 3 aromatic rings. The van der Waals surface area contributed by atoms with E-state index in [0.717, 1.165) is 11.1 Å². The Balaban J connectivity index is 1.53. The fourth-order valence-corrected chi connectivity index (χ4v) is 4.49. The second kappa shape index (κ2) is 9.56. The van der Waals surface area contributed by atoms with E-state index < -0.39 is 0 Å². The lowest BCUT2D eigenvalue weighted by Crippen LogP contribution is -2.27. The number of ether oxygens (including phenoxy) is 2. The van der Waals surface area contributed by atoms with Gasteiger partial charge in [-0.05, 0) is 53.6 Å². The first-order chi connectivity index (χ1) is 15.0. The summed E-state index contributed by atoms with van der Waals surface area (Å²) in [6.07, 6.45) is 1.80. The highest BCUT2D eigenvalue weighted by atomic mass is 35.5. The van der Waals surface area contributed by atoms with Gasteiger partial charge in [0.25, 0.3) is 5.91 Å². The van der Waals surface area contributed by atoms with E-state index in [-0.39, 0.29) is 5.91 Å². The van der Waals surface area contributed by atoms with Crippen LogP contribution in [0.1, 0.15) is 11.1 Å². The standard InChI is InChI=1S/C24H18ClNO3S2/c1-28-21-13-17(7-12-20(21)29-15-16-5-3-2-4-6-16)14-22-23(27)26(24(30)31-22)19-10-8-18(25)9-11-19/h2-14H,15H2,1H3/b22-14-. The van der Waals surface area contributed by atoms with E-state index in [1.807, 2.05) is 48.5 Å². The first-order valence-electron chi connectivity index (χ1n) is 9.43. The van der Waals surface area contributed by atoms with Crippen LogP contribution in [0, 0.1) is 0 Å². The highest BCUT2D eigenvalue weighted by Gasteiger charge is 2.33. The van der Waals surface area contributed by atoms with E-state index in [9.17, 15) is 4.79 Å². The minimum absolute atomic E-state index is 0.166. The van der Waals surface area contributed by atoms with Crippen molar-refractivity contribution in [3.8, 4) is 11.5 Å².